The van der Waals surface area contributed by atoms with E-state index in [1.807, 2.05) is 12.1 Å². The number of ether oxygens (including phenoxy) is 2. The Hall–Kier alpha value is -1.06. The Balaban J connectivity index is 1.95. The molecule has 1 atom stereocenters. The van der Waals surface area contributed by atoms with Crippen LogP contribution < -0.4 is 10.1 Å². The fourth-order valence-electron chi connectivity index (χ4n) is 2.22. The van der Waals surface area contributed by atoms with Gasteiger partial charge in [-0.2, -0.15) is 0 Å². The van der Waals surface area contributed by atoms with Crippen molar-refractivity contribution in [2.24, 2.45) is 0 Å². The van der Waals surface area contributed by atoms with Crippen molar-refractivity contribution < 1.29 is 9.47 Å². The lowest BCUT2D eigenvalue weighted by Crippen LogP contribution is -2.51. The van der Waals surface area contributed by atoms with Gasteiger partial charge in [-0.1, -0.05) is 12.1 Å². The van der Waals surface area contributed by atoms with Gasteiger partial charge in [0.2, 0.25) is 0 Å². The number of aryl methyl sites for hydroxylation is 1. The first-order valence-electron chi connectivity index (χ1n) is 6.19. The number of hydrogen-bond donors (Lipinski definition) is 1. The third-order valence-electron chi connectivity index (χ3n) is 3.36. The molecule has 0 aromatic heterocycles. The van der Waals surface area contributed by atoms with E-state index >= 15 is 0 Å². The summed E-state index contributed by atoms with van der Waals surface area (Å²) < 4.78 is 11.5. The molecule has 1 N–H and O–H groups in total. The van der Waals surface area contributed by atoms with Crippen molar-refractivity contribution in [3.05, 3.63) is 29.8 Å². The van der Waals surface area contributed by atoms with Crippen molar-refractivity contribution in [2.45, 2.75) is 25.4 Å². The molecular formula is C14H21NO2. The van der Waals surface area contributed by atoms with Crippen LogP contribution in [0.25, 0.3) is 0 Å². The van der Waals surface area contributed by atoms with Gasteiger partial charge >= 0.3 is 0 Å². The smallest absolute Gasteiger partial charge is 0.119 e. The molecule has 0 saturated carbocycles. The Labute approximate surface area is 103 Å². The molecule has 1 fully saturated rings. The zero-order valence-electron chi connectivity index (χ0n) is 10.7. The average Bonchev–Trinajstić information content (AvgIpc) is 2.38. The van der Waals surface area contributed by atoms with Crippen LogP contribution in [0.5, 0.6) is 5.75 Å². The summed E-state index contributed by atoms with van der Waals surface area (Å²) in [6.07, 6.45) is 2.20. The van der Waals surface area contributed by atoms with E-state index in [2.05, 4.69) is 24.4 Å². The van der Waals surface area contributed by atoms with E-state index in [0.717, 1.165) is 31.7 Å². The molecule has 94 valence electrons. The topological polar surface area (TPSA) is 30.5 Å². The van der Waals surface area contributed by atoms with Crippen LogP contribution in [-0.4, -0.2) is 32.4 Å². The van der Waals surface area contributed by atoms with Crippen molar-refractivity contribution >= 4 is 0 Å². The minimum Gasteiger partial charge on any atom is -0.491 e. The van der Waals surface area contributed by atoms with Crippen LogP contribution in [0.1, 0.15) is 18.4 Å². The van der Waals surface area contributed by atoms with Crippen LogP contribution in [0.2, 0.25) is 0 Å². The second kappa shape index (κ2) is 5.52. The number of piperidine rings is 1. The van der Waals surface area contributed by atoms with E-state index in [-0.39, 0.29) is 5.60 Å². The maximum absolute atomic E-state index is 5.86. The number of methoxy groups -OCH3 is 1. The van der Waals surface area contributed by atoms with E-state index in [0.29, 0.717) is 6.61 Å². The maximum atomic E-state index is 5.86. The summed E-state index contributed by atoms with van der Waals surface area (Å²) in [7, 11) is 1.77. The molecule has 1 unspecified atom stereocenters. The molecule has 1 aliphatic rings. The van der Waals surface area contributed by atoms with Crippen LogP contribution in [0, 0.1) is 6.92 Å². The standard InChI is InChI=1S/C14H21NO2/c1-12-5-3-6-13(9-12)17-11-14(16-2)7-4-8-15-10-14/h3,5-6,9,15H,4,7-8,10-11H2,1-2H3. The SMILES string of the molecule is COC1(COc2cccc(C)c2)CCCNC1. The Morgan fingerprint density at radius 1 is 1.41 bits per heavy atom. The summed E-state index contributed by atoms with van der Waals surface area (Å²) >= 11 is 0. The lowest BCUT2D eigenvalue weighted by molar-refractivity contribution is -0.0588. The second-order valence-electron chi connectivity index (χ2n) is 4.77. The van der Waals surface area contributed by atoms with Crippen LogP contribution in [0.15, 0.2) is 24.3 Å². The van der Waals surface area contributed by atoms with Crippen LogP contribution in [-0.2, 0) is 4.74 Å². The number of benzene rings is 1. The molecule has 1 aromatic carbocycles. The molecular weight excluding hydrogens is 214 g/mol. The lowest BCUT2D eigenvalue weighted by atomic mass is 9.95. The molecule has 1 aliphatic heterocycles. The Morgan fingerprint density at radius 3 is 2.94 bits per heavy atom. The summed E-state index contributed by atoms with van der Waals surface area (Å²) in [5.74, 6) is 0.923. The molecule has 0 aliphatic carbocycles. The van der Waals surface area contributed by atoms with Gasteiger partial charge in [-0.05, 0) is 44.0 Å². The molecule has 2 rings (SSSR count). The van der Waals surface area contributed by atoms with Crippen LogP contribution in [0.3, 0.4) is 0 Å². The zero-order valence-corrected chi connectivity index (χ0v) is 10.7. The fourth-order valence-corrected chi connectivity index (χ4v) is 2.22. The summed E-state index contributed by atoms with van der Waals surface area (Å²) in [6.45, 7) is 4.63. The lowest BCUT2D eigenvalue weighted by Gasteiger charge is -2.36. The van der Waals surface area contributed by atoms with Gasteiger partial charge < -0.3 is 14.8 Å². The molecule has 3 heteroatoms. The minimum absolute atomic E-state index is 0.165. The van der Waals surface area contributed by atoms with Crippen molar-refractivity contribution in [3.63, 3.8) is 0 Å². The Bertz CT molecular complexity index is 359. The van der Waals surface area contributed by atoms with E-state index in [1.54, 1.807) is 7.11 Å². The largest absolute Gasteiger partial charge is 0.491 e. The molecule has 17 heavy (non-hydrogen) atoms. The molecule has 0 spiro atoms. The quantitative estimate of drug-likeness (QED) is 0.867. The highest BCUT2D eigenvalue weighted by molar-refractivity contribution is 5.27. The van der Waals surface area contributed by atoms with Crippen LogP contribution in [0.4, 0.5) is 0 Å². The van der Waals surface area contributed by atoms with Crippen molar-refractivity contribution in [2.75, 3.05) is 26.8 Å². The van der Waals surface area contributed by atoms with Gasteiger partial charge in [0.05, 0.1) is 0 Å². The molecule has 3 nitrogen and oxygen atoms in total. The average molecular weight is 235 g/mol. The van der Waals surface area contributed by atoms with Gasteiger partial charge in [-0.25, -0.2) is 0 Å². The highest BCUT2D eigenvalue weighted by Crippen LogP contribution is 2.22. The third-order valence-corrected chi connectivity index (χ3v) is 3.36. The first kappa shape index (κ1) is 12.4. The first-order chi connectivity index (χ1) is 8.24. The predicted molar refractivity (Wildman–Crippen MR) is 68.5 cm³/mol. The van der Waals surface area contributed by atoms with E-state index in [1.165, 1.54) is 5.56 Å². The van der Waals surface area contributed by atoms with Crippen LogP contribution >= 0.6 is 0 Å². The van der Waals surface area contributed by atoms with Crippen molar-refractivity contribution in [1.82, 2.24) is 5.32 Å². The number of rotatable bonds is 4. The molecule has 0 bridgehead atoms. The van der Waals surface area contributed by atoms with Gasteiger partial charge in [0.1, 0.15) is 18.0 Å². The van der Waals surface area contributed by atoms with Crippen molar-refractivity contribution in [1.29, 1.82) is 0 Å². The van der Waals surface area contributed by atoms with Crippen molar-refractivity contribution in [3.8, 4) is 5.75 Å². The summed E-state index contributed by atoms with van der Waals surface area (Å²) in [5, 5.41) is 3.37. The molecule has 0 radical (unpaired) electrons. The monoisotopic (exact) mass is 235 g/mol. The third kappa shape index (κ3) is 3.20. The van der Waals surface area contributed by atoms with E-state index in [4.69, 9.17) is 9.47 Å². The Kier molecular flexibility index (Phi) is 4.02. The first-order valence-corrected chi connectivity index (χ1v) is 6.19. The Morgan fingerprint density at radius 2 is 2.29 bits per heavy atom. The molecule has 1 aromatic rings. The highest BCUT2D eigenvalue weighted by Gasteiger charge is 2.32. The van der Waals surface area contributed by atoms with E-state index < -0.39 is 0 Å². The van der Waals surface area contributed by atoms with E-state index in [9.17, 15) is 0 Å². The van der Waals surface area contributed by atoms with Gasteiger partial charge in [0.25, 0.3) is 0 Å². The fraction of sp³-hybridized carbons (Fsp3) is 0.571. The molecule has 0 amide bonds. The van der Waals surface area contributed by atoms with Gasteiger partial charge in [0.15, 0.2) is 0 Å². The second-order valence-corrected chi connectivity index (χ2v) is 4.77. The highest BCUT2D eigenvalue weighted by atomic mass is 16.5. The van der Waals surface area contributed by atoms with Gasteiger partial charge in [-0.15, -0.1) is 0 Å². The summed E-state index contributed by atoms with van der Waals surface area (Å²) in [6, 6.07) is 8.14. The number of nitrogens with one attached hydrogen (secondary N) is 1. The predicted octanol–water partition coefficient (Wildman–Crippen LogP) is 2.14. The maximum Gasteiger partial charge on any atom is 0.119 e. The minimum atomic E-state index is -0.165. The van der Waals surface area contributed by atoms with Gasteiger partial charge in [-0.3, -0.25) is 0 Å². The number of hydrogen-bond acceptors (Lipinski definition) is 3. The zero-order chi connectivity index (χ0) is 12.1. The molecule has 1 saturated heterocycles. The van der Waals surface area contributed by atoms with Gasteiger partial charge in [0, 0.05) is 13.7 Å². The molecule has 1 heterocycles. The summed E-state index contributed by atoms with van der Waals surface area (Å²) in [5.41, 5.74) is 1.05. The normalized spacial score (nSPS) is 24.6. The summed E-state index contributed by atoms with van der Waals surface area (Å²) in [4.78, 5) is 0.